The largest absolute Gasteiger partial charge is 0.411 e. The van der Waals surface area contributed by atoms with E-state index in [4.69, 9.17) is 10.4 Å². The van der Waals surface area contributed by atoms with Gasteiger partial charge in [0.1, 0.15) is 5.71 Å². The molecule has 20 heavy (non-hydrogen) atoms. The highest BCUT2D eigenvalue weighted by Crippen LogP contribution is 2.11. The quantitative estimate of drug-likeness (QED) is 0.307. The van der Waals surface area contributed by atoms with Gasteiger partial charge in [0.25, 0.3) is 0 Å². The molecule has 0 heterocycles. The molecule has 1 aromatic carbocycles. The molecule has 0 atom stereocenters. The lowest BCUT2D eigenvalue weighted by Gasteiger charge is -2.04. The highest BCUT2D eigenvalue weighted by molar-refractivity contribution is 6.37. The summed E-state index contributed by atoms with van der Waals surface area (Å²) < 4.78 is 0. The lowest BCUT2D eigenvalue weighted by Crippen LogP contribution is -2.02. The molecule has 1 rings (SSSR count). The maximum atomic E-state index is 8.81. The molecule has 0 aliphatic heterocycles. The maximum Gasteiger partial charge on any atom is 0.131 e. The summed E-state index contributed by atoms with van der Waals surface area (Å²) in [4.78, 5) is 0. The van der Waals surface area contributed by atoms with E-state index in [0.717, 1.165) is 18.2 Å². The molecule has 0 aromatic heterocycles. The number of hydrogen-bond acceptors (Lipinski definition) is 4. The summed E-state index contributed by atoms with van der Waals surface area (Å²) in [5.41, 5.74) is 2.26. The molecular weight excluding hydrogens is 252 g/mol. The van der Waals surface area contributed by atoms with Crippen LogP contribution in [0.25, 0.3) is 0 Å². The second-order valence-electron chi connectivity index (χ2n) is 4.94. The molecule has 0 unspecified atom stereocenters. The van der Waals surface area contributed by atoms with Crippen molar-refractivity contribution in [3.05, 3.63) is 35.4 Å². The average Bonchev–Trinajstić information content (AvgIpc) is 2.49. The number of benzene rings is 1. The predicted octanol–water partition coefficient (Wildman–Crippen LogP) is 4.23. The zero-order valence-electron chi connectivity index (χ0n) is 12.1. The number of unbranched alkanes of at least 4 members (excludes halogenated alkanes) is 5. The van der Waals surface area contributed by atoms with Crippen LogP contribution in [0.15, 0.2) is 34.6 Å². The van der Waals surface area contributed by atoms with Gasteiger partial charge in [0.05, 0.1) is 6.21 Å². The maximum absolute atomic E-state index is 8.81. The van der Waals surface area contributed by atoms with Crippen molar-refractivity contribution >= 4 is 11.9 Å². The number of rotatable bonds is 9. The van der Waals surface area contributed by atoms with Gasteiger partial charge in [-0.15, -0.1) is 0 Å². The van der Waals surface area contributed by atoms with Crippen molar-refractivity contribution in [2.24, 2.45) is 10.3 Å². The molecule has 4 nitrogen and oxygen atoms in total. The van der Waals surface area contributed by atoms with Crippen molar-refractivity contribution in [3.8, 4) is 0 Å². The van der Waals surface area contributed by atoms with E-state index in [2.05, 4.69) is 17.2 Å². The van der Waals surface area contributed by atoms with Crippen LogP contribution in [0.3, 0.4) is 0 Å². The van der Waals surface area contributed by atoms with Gasteiger partial charge in [0.15, 0.2) is 0 Å². The first-order valence-electron chi connectivity index (χ1n) is 7.30. The van der Waals surface area contributed by atoms with Crippen LogP contribution in [0.4, 0.5) is 0 Å². The van der Waals surface area contributed by atoms with Gasteiger partial charge in [-0.05, 0) is 18.4 Å². The van der Waals surface area contributed by atoms with Gasteiger partial charge in [-0.1, -0.05) is 73.6 Å². The van der Waals surface area contributed by atoms with E-state index < -0.39 is 0 Å². The van der Waals surface area contributed by atoms with Crippen LogP contribution in [0, 0.1) is 0 Å². The van der Waals surface area contributed by atoms with Gasteiger partial charge >= 0.3 is 0 Å². The zero-order valence-corrected chi connectivity index (χ0v) is 12.1. The van der Waals surface area contributed by atoms with E-state index in [1.165, 1.54) is 44.1 Å². The van der Waals surface area contributed by atoms with Gasteiger partial charge < -0.3 is 10.4 Å². The second kappa shape index (κ2) is 10.0. The van der Waals surface area contributed by atoms with Crippen LogP contribution in [0.2, 0.25) is 0 Å². The lowest BCUT2D eigenvalue weighted by atomic mass is 10.0. The summed E-state index contributed by atoms with van der Waals surface area (Å²) >= 11 is 0. The molecule has 0 saturated carbocycles. The molecule has 0 spiro atoms. The summed E-state index contributed by atoms with van der Waals surface area (Å²) in [5.74, 6) is 0. The number of oxime groups is 2. The van der Waals surface area contributed by atoms with E-state index in [9.17, 15) is 0 Å². The topological polar surface area (TPSA) is 65.2 Å². The Balaban J connectivity index is 2.39. The van der Waals surface area contributed by atoms with E-state index in [-0.39, 0.29) is 5.71 Å². The van der Waals surface area contributed by atoms with Gasteiger partial charge in [-0.3, -0.25) is 0 Å². The Morgan fingerprint density at radius 2 is 1.65 bits per heavy atom. The molecular formula is C16H24N2O2. The first kappa shape index (κ1) is 16.2. The Morgan fingerprint density at radius 3 is 2.25 bits per heavy atom. The van der Waals surface area contributed by atoms with Crippen LogP contribution in [0.5, 0.6) is 0 Å². The first-order chi connectivity index (χ1) is 9.81. The third-order valence-corrected chi connectivity index (χ3v) is 3.36. The van der Waals surface area contributed by atoms with Crippen molar-refractivity contribution in [1.82, 2.24) is 0 Å². The molecule has 0 saturated heterocycles. The molecule has 2 N–H and O–H groups in total. The molecule has 0 aliphatic rings. The van der Waals surface area contributed by atoms with Crippen LogP contribution >= 0.6 is 0 Å². The van der Waals surface area contributed by atoms with Crippen LogP contribution in [0.1, 0.15) is 56.6 Å². The number of nitrogens with zero attached hydrogens (tertiary/aromatic N) is 2. The Labute approximate surface area is 120 Å². The van der Waals surface area contributed by atoms with E-state index >= 15 is 0 Å². The third kappa shape index (κ3) is 5.87. The molecule has 4 heteroatoms. The first-order valence-corrected chi connectivity index (χ1v) is 7.30. The van der Waals surface area contributed by atoms with Crippen molar-refractivity contribution in [2.45, 2.75) is 51.9 Å². The van der Waals surface area contributed by atoms with Crippen LogP contribution < -0.4 is 0 Å². The Bertz CT molecular complexity index is 425. The molecule has 0 radical (unpaired) electrons. The lowest BCUT2D eigenvalue weighted by molar-refractivity contribution is 0.316. The van der Waals surface area contributed by atoms with Crippen molar-refractivity contribution in [1.29, 1.82) is 0 Å². The smallest absolute Gasteiger partial charge is 0.131 e. The fourth-order valence-electron chi connectivity index (χ4n) is 2.16. The number of aryl methyl sites for hydroxylation is 1. The van der Waals surface area contributed by atoms with Crippen molar-refractivity contribution < 1.29 is 10.4 Å². The highest BCUT2D eigenvalue weighted by atomic mass is 16.4. The van der Waals surface area contributed by atoms with E-state index in [1.807, 2.05) is 24.3 Å². The average molecular weight is 276 g/mol. The van der Waals surface area contributed by atoms with Crippen molar-refractivity contribution in [2.75, 3.05) is 0 Å². The van der Waals surface area contributed by atoms with E-state index in [1.54, 1.807) is 0 Å². The fraction of sp³-hybridized carbons (Fsp3) is 0.500. The highest BCUT2D eigenvalue weighted by Gasteiger charge is 2.02. The molecule has 1 aromatic rings. The molecule has 0 amide bonds. The summed E-state index contributed by atoms with van der Waals surface area (Å²) in [5, 5.41) is 23.2. The van der Waals surface area contributed by atoms with Crippen LogP contribution in [-0.2, 0) is 6.42 Å². The van der Waals surface area contributed by atoms with E-state index in [0.29, 0.717) is 0 Å². The summed E-state index contributed by atoms with van der Waals surface area (Å²) in [6.07, 6.45) is 9.96. The van der Waals surface area contributed by atoms with Gasteiger partial charge in [-0.25, -0.2) is 0 Å². The minimum absolute atomic E-state index is 0.249. The predicted molar refractivity (Wildman–Crippen MR) is 82.1 cm³/mol. The molecule has 0 fully saturated rings. The SMILES string of the molecule is CCCCCCCCc1ccc(C(/C=N/O)=N/O)cc1. The van der Waals surface area contributed by atoms with Gasteiger partial charge in [0, 0.05) is 5.56 Å². The normalized spacial score (nSPS) is 12.2. The zero-order chi connectivity index (χ0) is 14.6. The fourth-order valence-corrected chi connectivity index (χ4v) is 2.16. The minimum Gasteiger partial charge on any atom is -0.411 e. The van der Waals surface area contributed by atoms with Crippen LogP contribution in [-0.4, -0.2) is 22.3 Å². The molecule has 110 valence electrons. The Hall–Kier alpha value is -1.84. The molecule has 0 bridgehead atoms. The molecule has 0 aliphatic carbocycles. The van der Waals surface area contributed by atoms with Gasteiger partial charge in [-0.2, -0.15) is 0 Å². The number of hydrogen-bond donors (Lipinski definition) is 2. The van der Waals surface area contributed by atoms with Gasteiger partial charge in [0.2, 0.25) is 0 Å². The summed E-state index contributed by atoms with van der Waals surface area (Å²) in [7, 11) is 0. The summed E-state index contributed by atoms with van der Waals surface area (Å²) in [6.45, 7) is 2.23. The Kier molecular flexibility index (Phi) is 8.11. The summed E-state index contributed by atoms with van der Waals surface area (Å²) in [6, 6.07) is 7.81. The Morgan fingerprint density at radius 1 is 1.00 bits per heavy atom. The second-order valence-corrected chi connectivity index (χ2v) is 4.94. The third-order valence-electron chi connectivity index (χ3n) is 3.36. The standard InChI is InChI=1S/C16H24N2O2/c1-2-3-4-5-6-7-8-14-9-11-15(12-10-14)16(18-20)13-17-19/h9-13,19-20H,2-8H2,1H3/b17-13+,18-16+. The van der Waals surface area contributed by atoms with Crippen molar-refractivity contribution in [3.63, 3.8) is 0 Å². The monoisotopic (exact) mass is 276 g/mol. The minimum atomic E-state index is 0.249.